The summed E-state index contributed by atoms with van der Waals surface area (Å²) in [5, 5.41) is 0. The standard InChI is InChI=1S/C13H24N2O3/c1-8(2)10(12(17)18-13(3,4)5)15-7-6-9(14)11(15)16/h8-10H,6-7,14H2,1-5H3/t9-,10+/m1/s1. The van der Waals surface area contributed by atoms with Crippen LogP contribution in [0.1, 0.15) is 41.0 Å². The van der Waals surface area contributed by atoms with Crippen LogP contribution in [0.25, 0.3) is 0 Å². The van der Waals surface area contributed by atoms with Gasteiger partial charge in [-0.3, -0.25) is 4.79 Å². The summed E-state index contributed by atoms with van der Waals surface area (Å²) in [4.78, 5) is 25.7. The van der Waals surface area contributed by atoms with Gasteiger partial charge in [0.1, 0.15) is 11.6 Å². The lowest BCUT2D eigenvalue weighted by atomic mass is 10.0. The Hall–Kier alpha value is -1.10. The van der Waals surface area contributed by atoms with Crippen LogP contribution in [0.5, 0.6) is 0 Å². The van der Waals surface area contributed by atoms with Crippen molar-refractivity contribution in [2.45, 2.75) is 58.7 Å². The van der Waals surface area contributed by atoms with Gasteiger partial charge in [-0.25, -0.2) is 4.79 Å². The van der Waals surface area contributed by atoms with Gasteiger partial charge in [0.2, 0.25) is 5.91 Å². The number of carbonyl (C=O) groups is 2. The van der Waals surface area contributed by atoms with Gasteiger partial charge in [0.25, 0.3) is 0 Å². The van der Waals surface area contributed by atoms with Crippen LogP contribution in [0.4, 0.5) is 0 Å². The van der Waals surface area contributed by atoms with Crippen molar-refractivity contribution in [3.05, 3.63) is 0 Å². The molecule has 2 atom stereocenters. The Morgan fingerprint density at radius 2 is 2.00 bits per heavy atom. The fourth-order valence-electron chi connectivity index (χ4n) is 2.12. The Labute approximate surface area is 109 Å². The first-order chi connectivity index (χ1) is 8.13. The van der Waals surface area contributed by atoms with E-state index in [1.165, 1.54) is 0 Å². The molecule has 2 N–H and O–H groups in total. The van der Waals surface area contributed by atoms with E-state index in [4.69, 9.17) is 10.5 Å². The molecule has 1 saturated heterocycles. The molecular weight excluding hydrogens is 232 g/mol. The number of hydrogen-bond acceptors (Lipinski definition) is 4. The Kier molecular flexibility index (Phi) is 4.37. The second-order valence-corrected chi connectivity index (χ2v) is 6.15. The van der Waals surface area contributed by atoms with E-state index in [-0.39, 0.29) is 17.8 Å². The molecule has 1 aliphatic heterocycles. The zero-order chi connectivity index (χ0) is 14.1. The minimum absolute atomic E-state index is 0.00843. The lowest BCUT2D eigenvalue weighted by Gasteiger charge is -2.32. The monoisotopic (exact) mass is 256 g/mol. The summed E-state index contributed by atoms with van der Waals surface area (Å²) in [6, 6.07) is -1.01. The van der Waals surface area contributed by atoms with Crippen molar-refractivity contribution in [3.63, 3.8) is 0 Å². The molecule has 1 amide bonds. The second-order valence-electron chi connectivity index (χ2n) is 6.15. The van der Waals surface area contributed by atoms with Gasteiger partial charge in [-0.05, 0) is 33.1 Å². The SMILES string of the molecule is CC(C)[C@@H](C(=O)OC(C)(C)C)N1CC[C@@H](N)C1=O. The molecule has 0 radical (unpaired) electrons. The Morgan fingerprint density at radius 3 is 2.33 bits per heavy atom. The highest BCUT2D eigenvalue weighted by atomic mass is 16.6. The van der Waals surface area contributed by atoms with Crippen molar-refractivity contribution in [2.24, 2.45) is 11.7 Å². The maximum absolute atomic E-state index is 12.2. The molecule has 0 bridgehead atoms. The van der Waals surface area contributed by atoms with Gasteiger partial charge in [0, 0.05) is 6.54 Å². The number of amides is 1. The van der Waals surface area contributed by atoms with Crippen LogP contribution >= 0.6 is 0 Å². The predicted octanol–water partition coefficient (Wildman–Crippen LogP) is 0.912. The zero-order valence-electron chi connectivity index (χ0n) is 11.9. The third kappa shape index (κ3) is 3.45. The van der Waals surface area contributed by atoms with Crippen LogP contribution in [0, 0.1) is 5.92 Å². The molecule has 5 heteroatoms. The number of rotatable bonds is 3. The van der Waals surface area contributed by atoms with Crippen molar-refractivity contribution in [1.29, 1.82) is 0 Å². The fraction of sp³-hybridized carbons (Fsp3) is 0.846. The summed E-state index contributed by atoms with van der Waals surface area (Å²) in [6.45, 7) is 9.80. The zero-order valence-corrected chi connectivity index (χ0v) is 11.9. The number of nitrogens with zero attached hydrogens (tertiary/aromatic N) is 1. The summed E-state index contributed by atoms with van der Waals surface area (Å²) < 4.78 is 5.38. The van der Waals surface area contributed by atoms with E-state index >= 15 is 0 Å². The first-order valence-electron chi connectivity index (χ1n) is 6.42. The molecule has 0 aliphatic carbocycles. The summed E-state index contributed by atoms with van der Waals surface area (Å²) in [6.07, 6.45) is 0.602. The first kappa shape index (κ1) is 15.0. The molecule has 0 aromatic rings. The summed E-state index contributed by atoms with van der Waals surface area (Å²) >= 11 is 0. The molecular formula is C13H24N2O3. The fourth-order valence-corrected chi connectivity index (χ4v) is 2.12. The van der Waals surface area contributed by atoms with E-state index in [1.807, 2.05) is 34.6 Å². The number of ether oxygens (including phenoxy) is 1. The summed E-state index contributed by atoms with van der Waals surface area (Å²) in [5.41, 5.74) is 5.14. The van der Waals surface area contributed by atoms with Crippen molar-refractivity contribution in [1.82, 2.24) is 4.90 Å². The molecule has 18 heavy (non-hydrogen) atoms. The predicted molar refractivity (Wildman–Crippen MR) is 68.8 cm³/mol. The van der Waals surface area contributed by atoms with Crippen molar-refractivity contribution < 1.29 is 14.3 Å². The molecule has 5 nitrogen and oxygen atoms in total. The molecule has 1 fully saturated rings. The van der Waals surface area contributed by atoms with E-state index in [9.17, 15) is 9.59 Å². The maximum Gasteiger partial charge on any atom is 0.329 e. The van der Waals surface area contributed by atoms with Crippen LogP contribution < -0.4 is 5.73 Å². The number of likely N-dealkylation sites (tertiary alicyclic amines) is 1. The highest BCUT2D eigenvalue weighted by Crippen LogP contribution is 2.21. The second kappa shape index (κ2) is 5.26. The van der Waals surface area contributed by atoms with E-state index in [0.29, 0.717) is 13.0 Å². The first-order valence-corrected chi connectivity index (χ1v) is 6.42. The molecule has 0 aromatic heterocycles. The topological polar surface area (TPSA) is 72.6 Å². The van der Waals surface area contributed by atoms with Crippen LogP contribution in [0.2, 0.25) is 0 Å². The number of carbonyl (C=O) groups excluding carboxylic acids is 2. The molecule has 0 aromatic carbocycles. The lowest BCUT2D eigenvalue weighted by Crippen LogP contribution is -2.49. The number of esters is 1. The third-order valence-electron chi connectivity index (χ3n) is 2.90. The Bertz CT molecular complexity index is 334. The van der Waals surface area contributed by atoms with Crippen LogP contribution in [0.15, 0.2) is 0 Å². The van der Waals surface area contributed by atoms with E-state index < -0.39 is 17.7 Å². The van der Waals surface area contributed by atoms with Gasteiger partial charge in [-0.15, -0.1) is 0 Å². The van der Waals surface area contributed by atoms with Crippen LogP contribution in [-0.4, -0.2) is 41.0 Å². The van der Waals surface area contributed by atoms with Gasteiger partial charge in [-0.2, -0.15) is 0 Å². The molecule has 0 unspecified atom stereocenters. The Morgan fingerprint density at radius 1 is 1.44 bits per heavy atom. The van der Waals surface area contributed by atoms with Gasteiger partial charge >= 0.3 is 5.97 Å². The summed E-state index contributed by atoms with van der Waals surface area (Å²) in [5.74, 6) is -0.492. The normalized spacial score (nSPS) is 22.5. The average molecular weight is 256 g/mol. The average Bonchev–Trinajstić information content (AvgIpc) is 2.46. The van der Waals surface area contributed by atoms with E-state index in [2.05, 4.69) is 0 Å². The van der Waals surface area contributed by atoms with Gasteiger partial charge < -0.3 is 15.4 Å². The maximum atomic E-state index is 12.2. The number of nitrogens with two attached hydrogens (primary N) is 1. The smallest absolute Gasteiger partial charge is 0.329 e. The summed E-state index contributed by atoms with van der Waals surface area (Å²) in [7, 11) is 0. The minimum atomic E-state index is -0.547. The molecule has 0 spiro atoms. The van der Waals surface area contributed by atoms with E-state index in [0.717, 1.165) is 0 Å². The van der Waals surface area contributed by atoms with E-state index in [1.54, 1.807) is 4.90 Å². The molecule has 1 heterocycles. The van der Waals surface area contributed by atoms with Gasteiger partial charge in [-0.1, -0.05) is 13.8 Å². The van der Waals surface area contributed by atoms with Gasteiger partial charge in [0.15, 0.2) is 0 Å². The highest BCUT2D eigenvalue weighted by Gasteiger charge is 2.40. The van der Waals surface area contributed by atoms with Crippen molar-refractivity contribution >= 4 is 11.9 Å². The van der Waals surface area contributed by atoms with Crippen LogP contribution in [-0.2, 0) is 14.3 Å². The van der Waals surface area contributed by atoms with Crippen molar-refractivity contribution in [2.75, 3.05) is 6.54 Å². The minimum Gasteiger partial charge on any atom is -0.458 e. The third-order valence-corrected chi connectivity index (χ3v) is 2.90. The van der Waals surface area contributed by atoms with Crippen molar-refractivity contribution in [3.8, 4) is 0 Å². The molecule has 0 saturated carbocycles. The Balaban J connectivity index is 2.84. The molecule has 104 valence electrons. The molecule has 1 rings (SSSR count). The quantitative estimate of drug-likeness (QED) is 0.762. The molecule has 1 aliphatic rings. The number of hydrogen-bond donors (Lipinski definition) is 1. The lowest BCUT2D eigenvalue weighted by molar-refractivity contribution is -0.165. The van der Waals surface area contributed by atoms with Crippen LogP contribution in [0.3, 0.4) is 0 Å². The highest BCUT2D eigenvalue weighted by molar-refractivity contribution is 5.89. The largest absolute Gasteiger partial charge is 0.458 e. The van der Waals surface area contributed by atoms with Gasteiger partial charge in [0.05, 0.1) is 6.04 Å².